The number of esters is 2. The molecule has 5 nitrogen and oxygen atoms in total. The van der Waals surface area contributed by atoms with Gasteiger partial charge in [-0.15, -0.1) is 12.4 Å². The smallest absolute Gasteiger partial charge is 0.343 e. The van der Waals surface area contributed by atoms with Gasteiger partial charge in [0.15, 0.2) is 6.23 Å². The van der Waals surface area contributed by atoms with Crippen molar-refractivity contribution >= 4 is 24.3 Å². The summed E-state index contributed by atoms with van der Waals surface area (Å²) in [6, 6.07) is 6.55. The van der Waals surface area contributed by atoms with Crippen LogP contribution in [0.1, 0.15) is 38.1 Å². The van der Waals surface area contributed by atoms with Gasteiger partial charge in [0.1, 0.15) is 11.3 Å². The number of halogens is 1. The molecule has 0 heterocycles. The van der Waals surface area contributed by atoms with Crippen molar-refractivity contribution in [2.45, 2.75) is 33.9 Å². The summed E-state index contributed by atoms with van der Waals surface area (Å²) in [7, 11) is 0. The lowest BCUT2D eigenvalue weighted by Gasteiger charge is -2.26. The van der Waals surface area contributed by atoms with Crippen molar-refractivity contribution in [3.8, 4) is 5.75 Å². The van der Waals surface area contributed by atoms with Crippen LogP contribution in [-0.2, 0) is 9.53 Å². The fraction of sp³-hybridized carbons (Fsp3) is 0.467. The molecule has 21 heavy (non-hydrogen) atoms. The standard InChI is InChI=1S/C15H21NO4.ClH/c1-5-16(6-2)11(3)19-15(18)13-9-7-8-10-14(13)20-12(4)17;/h7-11H,5-6H2,1-4H3;1H. The highest BCUT2D eigenvalue weighted by molar-refractivity contribution is 5.93. The van der Waals surface area contributed by atoms with Crippen molar-refractivity contribution in [3.05, 3.63) is 29.8 Å². The molecule has 1 aromatic carbocycles. The summed E-state index contributed by atoms with van der Waals surface area (Å²) in [5.74, 6) is -0.750. The average Bonchev–Trinajstić information content (AvgIpc) is 2.39. The Morgan fingerprint density at radius 3 is 2.29 bits per heavy atom. The van der Waals surface area contributed by atoms with Gasteiger partial charge in [0.25, 0.3) is 0 Å². The largest absolute Gasteiger partial charge is 0.443 e. The van der Waals surface area contributed by atoms with E-state index in [4.69, 9.17) is 9.47 Å². The Bertz CT molecular complexity index is 474. The lowest BCUT2D eigenvalue weighted by Crippen LogP contribution is -2.36. The summed E-state index contributed by atoms with van der Waals surface area (Å²) < 4.78 is 10.4. The van der Waals surface area contributed by atoms with E-state index in [0.717, 1.165) is 13.1 Å². The van der Waals surface area contributed by atoms with Gasteiger partial charge in [0.05, 0.1) is 0 Å². The first-order valence-electron chi connectivity index (χ1n) is 6.72. The number of hydrogen-bond donors (Lipinski definition) is 0. The molecular formula is C15H22ClNO4. The number of nitrogens with zero attached hydrogens (tertiary/aromatic N) is 1. The molecule has 0 fully saturated rings. The van der Waals surface area contributed by atoms with Crippen LogP contribution >= 0.6 is 12.4 Å². The molecule has 0 aromatic heterocycles. The first-order valence-corrected chi connectivity index (χ1v) is 6.72. The van der Waals surface area contributed by atoms with Crippen molar-refractivity contribution in [2.75, 3.05) is 13.1 Å². The fourth-order valence-corrected chi connectivity index (χ4v) is 1.91. The Balaban J connectivity index is 0.00000400. The molecule has 1 unspecified atom stereocenters. The second-order valence-electron chi connectivity index (χ2n) is 4.32. The van der Waals surface area contributed by atoms with Crippen LogP contribution in [0.4, 0.5) is 0 Å². The van der Waals surface area contributed by atoms with E-state index in [1.807, 2.05) is 25.7 Å². The molecule has 0 aliphatic carbocycles. The number of ether oxygens (including phenoxy) is 2. The average molecular weight is 316 g/mol. The van der Waals surface area contributed by atoms with Gasteiger partial charge < -0.3 is 9.47 Å². The van der Waals surface area contributed by atoms with Gasteiger partial charge >= 0.3 is 11.9 Å². The van der Waals surface area contributed by atoms with Gasteiger partial charge in [-0.05, 0) is 32.1 Å². The van der Waals surface area contributed by atoms with Crippen LogP contribution in [0.3, 0.4) is 0 Å². The van der Waals surface area contributed by atoms with Crippen LogP contribution in [0.25, 0.3) is 0 Å². The molecule has 1 rings (SSSR count). The lowest BCUT2D eigenvalue weighted by atomic mass is 10.2. The predicted octanol–water partition coefficient (Wildman–Crippen LogP) is 2.88. The first-order chi connectivity index (χ1) is 9.49. The van der Waals surface area contributed by atoms with E-state index in [-0.39, 0.29) is 29.9 Å². The number of rotatable bonds is 6. The molecule has 0 aliphatic rings. The third-order valence-corrected chi connectivity index (χ3v) is 2.96. The SMILES string of the molecule is CCN(CC)C(C)OC(=O)c1ccccc1OC(C)=O.Cl. The molecular weight excluding hydrogens is 294 g/mol. The number of carbonyl (C=O) groups excluding carboxylic acids is 2. The summed E-state index contributed by atoms with van der Waals surface area (Å²) in [4.78, 5) is 25.2. The van der Waals surface area contributed by atoms with E-state index >= 15 is 0 Å². The van der Waals surface area contributed by atoms with Gasteiger partial charge in [0, 0.05) is 6.92 Å². The summed E-state index contributed by atoms with van der Waals surface area (Å²) >= 11 is 0. The third kappa shape index (κ3) is 5.73. The van der Waals surface area contributed by atoms with Crippen LogP contribution in [-0.4, -0.2) is 36.2 Å². The molecule has 6 heteroatoms. The molecule has 0 N–H and O–H groups in total. The second-order valence-corrected chi connectivity index (χ2v) is 4.32. The van der Waals surface area contributed by atoms with E-state index in [1.165, 1.54) is 6.92 Å². The van der Waals surface area contributed by atoms with Gasteiger partial charge in [-0.25, -0.2) is 4.79 Å². The maximum absolute atomic E-state index is 12.2. The van der Waals surface area contributed by atoms with Crippen molar-refractivity contribution in [1.82, 2.24) is 4.90 Å². The van der Waals surface area contributed by atoms with E-state index < -0.39 is 11.9 Å². The molecule has 0 spiro atoms. The topological polar surface area (TPSA) is 55.8 Å². The Labute approximate surface area is 131 Å². The van der Waals surface area contributed by atoms with Gasteiger partial charge in [0.2, 0.25) is 0 Å². The monoisotopic (exact) mass is 315 g/mol. The van der Waals surface area contributed by atoms with E-state index in [0.29, 0.717) is 0 Å². The zero-order valence-electron chi connectivity index (χ0n) is 12.8. The van der Waals surface area contributed by atoms with Crippen molar-refractivity contribution < 1.29 is 19.1 Å². The van der Waals surface area contributed by atoms with E-state index in [2.05, 4.69) is 0 Å². The Morgan fingerprint density at radius 1 is 1.19 bits per heavy atom. The molecule has 0 amide bonds. The number of benzene rings is 1. The zero-order valence-corrected chi connectivity index (χ0v) is 13.6. The Kier molecular flexibility index (Phi) is 8.66. The summed E-state index contributed by atoms with van der Waals surface area (Å²) in [6.45, 7) is 8.69. The van der Waals surface area contributed by atoms with E-state index in [1.54, 1.807) is 24.3 Å². The van der Waals surface area contributed by atoms with Crippen molar-refractivity contribution in [1.29, 1.82) is 0 Å². The highest BCUT2D eigenvalue weighted by atomic mass is 35.5. The predicted molar refractivity (Wildman–Crippen MR) is 82.8 cm³/mol. The maximum Gasteiger partial charge on any atom is 0.343 e. The van der Waals surface area contributed by atoms with Gasteiger partial charge in [-0.3, -0.25) is 9.69 Å². The van der Waals surface area contributed by atoms with Crippen LogP contribution in [0.2, 0.25) is 0 Å². The zero-order chi connectivity index (χ0) is 15.1. The minimum atomic E-state index is -0.499. The number of para-hydroxylation sites is 1. The molecule has 0 bridgehead atoms. The summed E-state index contributed by atoms with van der Waals surface area (Å²) in [5, 5.41) is 0. The van der Waals surface area contributed by atoms with Crippen LogP contribution in [0, 0.1) is 0 Å². The normalized spacial score (nSPS) is 11.5. The lowest BCUT2D eigenvalue weighted by molar-refractivity contribution is -0.131. The summed E-state index contributed by atoms with van der Waals surface area (Å²) in [5.41, 5.74) is 0.252. The molecule has 1 aromatic rings. The molecule has 0 radical (unpaired) electrons. The maximum atomic E-state index is 12.2. The summed E-state index contributed by atoms with van der Waals surface area (Å²) in [6.07, 6.45) is -0.331. The minimum absolute atomic E-state index is 0. The highest BCUT2D eigenvalue weighted by Gasteiger charge is 2.20. The second kappa shape index (κ2) is 9.37. The molecule has 0 saturated heterocycles. The van der Waals surface area contributed by atoms with Gasteiger partial charge in [-0.2, -0.15) is 0 Å². The molecule has 0 saturated carbocycles. The van der Waals surface area contributed by atoms with Gasteiger partial charge in [-0.1, -0.05) is 26.0 Å². The fourth-order valence-electron chi connectivity index (χ4n) is 1.91. The number of carbonyl (C=O) groups is 2. The van der Waals surface area contributed by atoms with E-state index in [9.17, 15) is 9.59 Å². The Hall–Kier alpha value is -1.59. The number of hydrogen-bond acceptors (Lipinski definition) is 5. The minimum Gasteiger partial charge on any atom is -0.443 e. The highest BCUT2D eigenvalue weighted by Crippen LogP contribution is 2.20. The van der Waals surface area contributed by atoms with Crippen molar-refractivity contribution in [3.63, 3.8) is 0 Å². The first kappa shape index (κ1) is 19.4. The molecule has 118 valence electrons. The van der Waals surface area contributed by atoms with Crippen LogP contribution < -0.4 is 4.74 Å². The van der Waals surface area contributed by atoms with Crippen molar-refractivity contribution in [2.24, 2.45) is 0 Å². The van der Waals surface area contributed by atoms with Crippen LogP contribution in [0.5, 0.6) is 5.75 Å². The quantitative estimate of drug-likeness (QED) is 0.459. The van der Waals surface area contributed by atoms with Crippen LogP contribution in [0.15, 0.2) is 24.3 Å². The molecule has 0 aliphatic heterocycles. The third-order valence-electron chi connectivity index (χ3n) is 2.96. The Morgan fingerprint density at radius 2 is 1.76 bits per heavy atom. The molecule has 1 atom stereocenters.